The molecule has 0 heterocycles. The first-order valence-corrected chi connectivity index (χ1v) is 7.99. The maximum absolute atomic E-state index is 12.0. The molecule has 1 amide bonds. The number of hydrogen-bond donors (Lipinski definition) is 2. The lowest BCUT2D eigenvalue weighted by Crippen LogP contribution is -2.11. The summed E-state index contributed by atoms with van der Waals surface area (Å²) in [6, 6.07) is 14.7. The minimum absolute atomic E-state index is 0.0903. The average Bonchev–Trinajstić information content (AvgIpc) is 2.89. The summed E-state index contributed by atoms with van der Waals surface area (Å²) >= 11 is 0. The second-order valence-corrected chi connectivity index (χ2v) is 5.85. The molecule has 3 rings (SSSR count). The van der Waals surface area contributed by atoms with Gasteiger partial charge in [-0.2, -0.15) is 0 Å². The maximum Gasteiger partial charge on any atom is 0.224 e. The van der Waals surface area contributed by atoms with Crippen LogP contribution in [-0.2, 0) is 11.2 Å². The smallest absolute Gasteiger partial charge is 0.224 e. The van der Waals surface area contributed by atoms with Crippen LogP contribution >= 0.6 is 0 Å². The van der Waals surface area contributed by atoms with Crippen LogP contribution in [0.5, 0.6) is 0 Å². The highest BCUT2D eigenvalue weighted by Crippen LogP contribution is 2.37. The molecule has 0 radical (unpaired) electrons. The van der Waals surface area contributed by atoms with E-state index < -0.39 is 0 Å². The Kier molecular flexibility index (Phi) is 4.54. The highest BCUT2D eigenvalue weighted by atomic mass is 16.1. The van der Waals surface area contributed by atoms with Gasteiger partial charge in [0.15, 0.2) is 0 Å². The van der Waals surface area contributed by atoms with E-state index in [0.717, 1.165) is 31.4 Å². The van der Waals surface area contributed by atoms with Crippen LogP contribution in [0.15, 0.2) is 42.5 Å². The third-order valence-corrected chi connectivity index (χ3v) is 4.19. The van der Waals surface area contributed by atoms with Gasteiger partial charge in [-0.15, -0.1) is 0 Å². The van der Waals surface area contributed by atoms with Gasteiger partial charge >= 0.3 is 0 Å². The normalized spacial score (nSPS) is 11.9. The van der Waals surface area contributed by atoms with E-state index in [1.807, 2.05) is 6.07 Å². The highest BCUT2D eigenvalue weighted by Gasteiger charge is 2.18. The van der Waals surface area contributed by atoms with Crippen LogP contribution in [-0.4, -0.2) is 12.5 Å². The first-order valence-electron chi connectivity index (χ1n) is 7.99. The predicted molar refractivity (Wildman–Crippen MR) is 90.8 cm³/mol. The molecule has 0 bridgehead atoms. The molecule has 0 aromatic heterocycles. The molecule has 3 heteroatoms. The quantitative estimate of drug-likeness (QED) is 0.681. The van der Waals surface area contributed by atoms with Crippen LogP contribution in [0.2, 0.25) is 0 Å². The number of anilines is 1. The fourth-order valence-electron chi connectivity index (χ4n) is 3.05. The van der Waals surface area contributed by atoms with Crippen molar-refractivity contribution in [1.29, 1.82) is 0 Å². The summed E-state index contributed by atoms with van der Waals surface area (Å²) in [5, 5.41) is 3.01. The van der Waals surface area contributed by atoms with Gasteiger partial charge in [-0.05, 0) is 60.2 Å². The molecule has 0 spiro atoms. The van der Waals surface area contributed by atoms with Crippen LogP contribution in [0.1, 0.15) is 36.8 Å². The second kappa shape index (κ2) is 6.75. The Morgan fingerprint density at radius 3 is 2.68 bits per heavy atom. The van der Waals surface area contributed by atoms with Gasteiger partial charge in [-0.25, -0.2) is 0 Å². The summed E-state index contributed by atoms with van der Waals surface area (Å²) in [7, 11) is 0. The summed E-state index contributed by atoms with van der Waals surface area (Å²) in [4.78, 5) is 12.0. The van der Waals surface area contributed by atoms with Crippen molar-refractivity contribution in [1.82, 2.24) is 0 Å². The largest absolute Gasteiger partial charge is 0.330 e. The third kappa shape index (κ3) is 3.20. The number of nitrogens with two attached hydrogens (primary N) is 1. The summed E-state index contributed by atoms with van der Waals surface area (Å²) in [6.45, 7) is 0.701. The van der Waals surface area contributed by atoms with Gasteiger partial charge in [0.05, 0.1) is 0 Å². The van der Waals surface area contributed by atoms with Gasteiger partial charge in [0.2, 0.25) is 5.91 Å². The first kappa shape index (κ1) is 14.8. The molecule has 0 fully saturated rings. The van der Waals surface area contributed by atoms with E-state index in [0.29, 0.717) is 13.0 Å². The van der Waals surface area contributed by atoms with Gasteiger partial charge < -0.3 is 11.1 Å². The van der Waals surface area contributed by atoms with Crippen molar-refractivity contribution in [2.24, 2.45) is 5.73 Å². The molecule has 2 aromatic rings. The van der Waals surface area contributed by atoms with Crippen LogP contribution in [0.25, 0.3) is 11.1 Å². The molecule has 0 atom stereocenters. The summed E-state index contributed by atoms with van der Waals surface area (Å²) in [6.07, 6.45) is 4.43. The van der Waals surface area contributed by atoms with Crippen LogP contribution in [0.3, 0.4) is 0 Å². The second-order valence-electron chi connectivity index (χ2n) is 5.85. The molecular formula is C19H22N2O. The van der Waals surface area contributed by atoms with Crippen molar-refractivity contribution in [2.45, 2.75) is 32.1 Å². The van der Waals surface area contributed by atoms with Gasteiger partial charge in [-0.1, -0.05) is 36.8 Å². The molecular weight excluding hydrogens is 272 g/mol. The zero-order chi connectivity index (χ0) is 15.4. The van der Waals surface area contributed by atoms with Crippen molar-refractivity contribution in [3.8, 4) is 11.1 Å². The molecule has 3 N–H and O–H groups in total. The van der Waals surface area contributed by atoms with E-state index in [-0.39, 0.29) is 5.91 Å². The minimum Gasteiger partial charge on any atom is -0.330 e. The standard InChI is InChI=1S/C19H22N2O/c20-11-5-1-2-8-19(22)21-16-9-10-18-15(13-16)12-14-6-3-4-7-17(14)18/h3-4,6-7,9-10,13H,1-2,5,8,11-12,20H2,(H,21,22). The van der Waals surface area contributed by atoms with E-state index in [4.69, 9.17) is 5.73 Å². The van der Waals surface area contributed by atoms with Gasteiger partial charge in [0.1, 0.15) is 0 Å². The Morgan fingerprint density at radius 2 is 1.82 bits per heavy atom. The monoisotopic (exact) mass is 294 g/mol. The minimum atomic E-state index is 0.0903. The highest BCUT2D eigenvalue weighted by molar-refractivity contribution is 5.91. The number of amides is 1. The summed E-state index contributed by atoms with van der Waals surface area (Å²) < 4.78 is 0. The molecule has 3 nitrogen and oxygen atoms in total. The van der Waals surface area contributed by atoms with Gasteiger partial charge in [0, 0.05) is 12.1 Å². The molecule has 0 aliphatic heterocycles. The predicted octanol–water partition coefficient (Wildman–Crippen LogP) is 3.72. The maximum atomic E-state index is 12.0. The Balaban J connectivity index is 1.63. The summed E-state index contributed by atoms with van der Waals surface area (Å²) in [5.74, 6) is 0.0903. The Morgan fingerprint density at radius 1 is 1.00 bits per heavy atom. The number of rotatable bonds is 6. The van der Waals surface area contributed by atoms with Crippen molar-refractivity contribution in [2.75, 3.05) is 11.9 Å². The topological polar surface area (TPSA) is 55.1 Å². The van der Waals surface area contributed by atoms with Crippen molar-refractivity contribution < 1.29 is 4.79 Å². The third-order valence-electron chi connectivity index (χ3n) is 4.19. The number of unbranched alkanes of at least 4 members (excludes halogenated alkanes) is 2. The van der Waals surface area contributed by atoms with Crippen LogP contribution in [0, 0.1) is 0 Å². The van der Waals surface area contributed by atoms with Gasteiger partial charge in [0.25, 0.3) is 0 Å². The molecule has 114 valence electrons. The fourth-order valence-corrected chi connectivity index (χ4v) is 3.05. The molecule has 0 unspecified atom stereocenters. The SMILES string of the molecule is NCCCCCC(=O)Nc1ccc2c(c1)Cc1ccccc1-2. The number of carbonyl (C=O) groups excluding carboxylic acids is 1. The zero-order valence-corrected chi connectivity index (χ0v) is 12.8. The van der Waals surface area contributed by atoms with Gasteiger partial charge in [-0.3, -0.25) is 4.79 Å². The van der Waals surface area contributed by atoms with Crippen molar-refractivity contribution in [3.63, 3.8) is 0 Å². The number of benzene rings is 2. The van der Waals surface area contributed by atoms with E-state index in [1.165, 1.54) is 22.3 Å². The molecule has 0 saturated heterocycles. The molecule has 0 saturated carbocycles. The van der Waals surface area contributed by atoms with E-state index in [2.05, 4.69) is 41.7 Å². The van der Waals surface area contributed by atoms with E-state index >= 15 is 0 Å². The van der Waals surface area contributed by atoms with Crippen LogP contribution in [0.4, 0.5) is 5.69 Å². The lowest BCUT2D eigenvalue weighted by molar-refractivity contribution is -0.116. The Bertz CT molecular complexity index is 679. The lowest BCUT2D eigenvalue weighted by atomic mass is 10.1. The number of carbonyl (C=O) groups is 1. The average molecular weight is 294 g/mol. The number of hydrogen-bond acceptors (Lipinski definition) is 2. The molecule has 22 heavy (non-hydrogen) atoms. The Labute approximate surface area is 131 Å². The molecule has 1 aliphatic carbocycles. The van der Waals surface area contributed by atoms with E-state index in [9.17, 15) is 4.79 Å². The van der Waals surface area contributed by atoms with Crippen molar-refractivity contribution in [3.05, 3.63) is 53.6 Å². The molecule has 1 aliphatic rings. The molecule has 2 aromatic carbocycles. The zero-order valence-electron chi connectivity index (χ0n) is 12.8. The van der Waals surface area contributed by atoms with Crippen LogP contribution < -0.4 is 11.1 Å². The first-order chi connectivity index (χ1) is 10.8. The number of fused-ring (bicyclic) bond motifs is 3. The number of nitrogens with one attached hydrogen (secondary N) is 1. The van der Waals surface area contributed by atoms with E-state index in [1.54, 1.807) is 0 Å². The lowest BCUT2D eigenvalue weighted by Gasteiger charge is -2.07. The van der Waals surface area contributed by atoms with Crippen molar-refractivity contribution >= 4 is 11.6 Å². The Hall–Kier alpha value is -2.13. The summed E-state index contributed by atoms with van der Waals surface area (Å²) in [5.41, 5.74) is 11.6. The fraction of sp³-hybridized carbons (Fsp3) is 0.316.